The Bertz CT molecular complexity index is 682. The van der Waals surface area contributed by atoms with Gasteiger partial charge >= 0.3 is 0 Å². The van der Waals surface area contributed by atoms with E-state index in [4.69, 9.17) is 0 Å². The van der Waals surface area contributed by atoms with Gasteiger partial charge in [0.05, 0.1) is 0 Å². The van der Waals surface area contributed by atoms with Crippen molar-refractivity contribution in [3.8, 4) is 0 Å². The monoisotopic (exact) mass is 368 g/mol. The molecule has 2 aromatic rings. The normalized spacial score (nSPS) is 17.2. The molecule has 0 unspecified atom stereocenters. The number of rotatable bonds is 6. The Morgan fingerprint density at radius 2 is 1.58 bits per heavy atom. The Kier molecular flexibility index (Phi) is 6.75. The van der Waals surface area contributed by atoms with Crippen LogP contribution in [0.25, 0.3) is 0 Å². The molecule has 4 heteroatoms. The smallest absolute Gasteiger partial charge is 0.238 e. The first-order valence-electron chi connectivity index (χ1n) is 9.44. The lowest BCUT2D eigenvalue weighted by molar-refractivity contribution is -0.121. The summed E-state index contributed by atoms with van der Waals surface area (Å²) in [5, 5.41) is 3.09. The number of benzene rings is 2. The number of carbonyl (C=O) groups is 1. The van der Waals surface area contributed by atoms with Gasteiger partial charge in [-0.15, -0.1) is 11.8 Å². The average molecular weight is 369 g/mol. The van der Waals surface area contributed by atoms with Gasteiger partial charge in [-0.25, -0.2) is 0 Å². The van der Waals surface area contributed by atoms with Crippen molar-refractivity contribution in [1.82, 2.24) is 10.2 Å². The van der Waals surface area contributed by atoms with Crippen molar-refractivity contribution in [3.63, 3.8) is 0 Å². The van der Waals surface area contributed by atoms with Crippen LogP contribution in [0.4, 0.5) is 0 Å². The lowest BCUT2D eigenvalue weighted by Gasteiger charge is -2.35. The van der Waals surface area contributed by atoms with E-state index in [2.05, 4.69) is 36.2 Å². The fraction of sp³-hybridized carbons (Fsp3) is 0.409. The summed E-state index contributed by atoms with van der Waals surface area (Å²) in [6.45, 7) is 6.59. The molecule has 3 rings (SSSR count). The molecule has 138 valence electrons. The second kappa shape index (κ2) is 9.24. The fourth-order valence-electron chi connectivity index (χ4n) is 3.37. The second-order valence-corrected chi connectivity index (χ2v) is 8.31. The molecule has 1 saturated heterocycles. The predicted molar refractivity (Wildman–Crippen MR) is 109 cm³/mol. The van der Waals surface area contributed by atoms with Crippen LogP contribution in [0.2, 0.25) is 0 Å². The molecule has 2 aromatic carbocycles. The summed E-state index contributed by atoms with van der Waals surface area (Å²) in [7, 11) is 0. The highest BCUT2D eigenvalue weighted by Gasteiger charge is 2.27. The first-order chi connectivity index (χ1) is 12.6. The number of thioether (sulfide) groups is 1. The highest BCUT2D eigenvalue weighted by Crippen LogP contribution is 2.35. The molecule has 1 fully saturated rings. The molecule has 0 spiro atoms. The minimum Gasteiger partial charge on any atom is -0.352 e. The lowest BCUT2D eigenvalue weighted by Crippen LogP contribution is -2.47. The van der Waals surface area contributed by atoms with Gasteiger partial charge in [-0.05, 0) is 44.4 Å². The predicted octanol–water partition coefficient (Wildman–Crippen LogP) is 4.51. The number of piperidine rings is 1. The standard InChI is InChI=1S/C22H28N2OS/c1-17(2)24-15-13-19(14-16-24)23-22(25)21(18-9-5-3-6-10-18)26-20-11-7-4-8-12-20/h3-12,17,19,21H,13-16H2,1-2H3,(H,23,25)/t21-/m0/s1. The molecular weight excluding hydrogens is 340 g/mol. The summed E-state index contributed by atoms with van der Waals surface area (Å²) in [5.74, 6) is 0.119. The van der Waals surface area contributed by atoms with Crippen LogP contribution in [-0.2, 0) is 4.79 Å². The average Bonchev–Trinajstić information content (AvgIpc) is 2.68. The van der Waals surface area contributed by atoms with E-state index in [0.29, 0.717) is 6.04 Å². The largest absolute Gasteiger partial charge is 0.352 e. The van der Waals surface area contributed by atoms with Crippen molar-refractivity contribution in [1.29, 1.82) is 0 Å². The first-order valence-corrected chi connectivity index (χ1v) is 10.3. The Balaban J connectivity index is 1.67. The zero-order valence-electron chi connectivity index (χ0n) is 15.6. The number of hydrogen-bond donors (Lipinski definition) is 1. The number of nitrogens with zero attached hydrogens (tertiary/aromatic N) is 1. The highest BCUT2D eigenvalue weighted by atomic mass is 32.2. The van der Waals surface area contributed by atoms with Crippen molar-refractivity contribution < 1.29 is 4.79 Å². The van der Waals surface area contributed by atoms with Crippen LogP contribution in [-0.4, -0.2) is 36.0 Å². The summed E-state index contributed by atoms with van der Waals surface area (Å²) in [6, 6.07) is 21.1. The molecule has 1 heterocycles. The maximum absolute atomic E-state index is 13.1. The number of carbonyl (C=O) groups excluding carboxylic acids is 1. The molecule has 0 aliphatic carbocycles. The van der Waals surface area contributed by atoms with E-state index in [1.54, 1.807) is 11.8 Å². The quantitative estimate of drug-likeness (QED) is 0.762. The molecule has 1 amide bonds. The minimum absolute atomic E-state index is 0.119. The van der Waals surface area contributed by atoms with Gasteiger partial charge in [0.1, 0.15) is 5.25 Å². The van der Waals surface area contributed by atoms with E-state index in [-0.39, 0.29) is 17.2 Å². The topological polar surface area (TPSA) is 32.3 Å². The van der Waals surface area contributed by atoms with Crippen molar-refractivity contribution >= 4 is 17.7 Å². The van der Waals surface area contributed by atoms with Crippen LogP contribution in [0, 0.1) is 0 Å². The zero-order chi connectivity index (χ0) is 18.4. The van der Waals surface area contributed by atoms with E-state index < -0.39 is 0 Å². The molecule has 0 aromatic heterocycles. The summed E-state index contributed by atoms with van der Waals surface area (Å²) in [6.07, 6.45) is 2.06. The third-order valence-electron chi connectivity index (χ3n) is 4.94. The van der Waals surface area contributed by atoms with Gasteiger partial charge in [-0.3, -0.25) is 4.79 Å². The van der Waals surface area contributed by atoms with E-state index in [1.807, 2.05) is 48.5 Å². The number of likely N-dealkylation sites (tertiary alicyclic amines) is 1. The van der Waals surface area contributed by atoms with E-state index in [9.17, 15) is 4.79 Å². The number of nitrogens with one attached hydrogen (secondary N) is 1. The van der Waals surface area contributed by atoms with Crippen molar-refractivity contribution in [3.05, 3.63) is 66.2 Å². The van der Waals surface area contributed by atoms with Crippen molar-refractivity contribution in [2.75, 3.05) is 13.1 Å². The molecule has 3 nitrogen and oxygen atoms in total. The SMILES string of the molecule is CC(C)N1CCC(NC(=O)[C@@H](Sc2ccccc2)c2ccccc2)CC1. The maximum atomic E-state index is 13.1. The van der Waals surface area contributed by atoms with Crippen LogP contribution in [0.1, 0.15) is 37.5 Å². The van der Waals surface area contributed by atoms with Gasteiger partial charge in [0, 0.05) is 30.1 Å². The molecule has 0 radical (unpaired) electrons. The summed E-state index contributed by atoms with van der Waals surface area (Å²) >= 11 is 1.62. The zero-order valence-corrected chi connectivity index (χ0v) is 16.4. The third-order valence-corrected chi connectivity index (χ3v) is 6.21. The highest BCUT2D eigenvalue weighted by molar-refractivity contribution is 8.00. The Labute approximate surface area is 161 Å². The van der Waals surface area contributed by atoms with Gasteiger partial charge in [-0.2, -0.15) is 0 Å². The molecule has 1 N–H and O–H groups in total. The summed E-state index contributed by atoms with van der Waals surface area (Å²) < 4.78 is 0. The van der Waals surface area contributed by atoms with Gasteiger partial charge in [0.15, 0.2) is 0 Å². The summed E-state index contributed by atoms with van der Waals surface area (Å²) in [4.78, 5) is 16.7. The lowest BCUT2D eigenvalue weighted by atomic mass is 10.0. The molecule has 0 bridgehead atoms. The van der Waals surface area contributed by atoms with Crippen molar-refractivity contribution in [2.24, 2.45) is 0 Å². The Morgan fingerprint density at radius 3 is 2.15 bits per heavy atom. The molecule has 1 aliphatic heterocycles. The Hall–Kier alpha value is -1.78. The molecular formula is C22H28N2OS. The number of amides is 1. The van der Waals surface area contributed by atoms with Crippen molar-refractivity contribution in [2.45, 2.75) is 48.9 Å². The Morgan fingerprint density at radius 1 is 1.00 bits per heavy atom. The van der Waals surface area contributed by atoms with Crippen LogP contribution >= 0.6 is 11.8 Å². The van der Waals surface area contributed by atoms with E-state index >= 15 is 0 Å². The first kappa shape index (κ1) is 19.0. The van der Waals surface area contributed by atoms with Gasteiger partial charge in [-0.1, -0.05) is 48.5 Å². The van der Waals surface area contributed by atoms with Gasteiger partial charge in [0.2, 0.25) is 5.91 Å². The summed E-state index contributed by atoms with van der Waals surface area (Å²) in [5.41, 5.74) is 1.05. The van der Waals surface area contributed by atoms with Crippen LogP contribution in [0.3, 0.4) is 0 Å². The number of hydrogen-bond acceptors (Lipinski definition) is 3. The molecule has 1 aliphatic rings. The third kappa shape index (κ3) is 5.12. The van der Waals surface area contributed by atoms with Crippen LogP contribution in [0.5, 0.6) is 0 Å². The second-order valence-electron chi connectivity index (χ2n) is 7.13. The molecule has 0 saturated carbocycles. The van der Waals surface area contributed by atoms with Crippen LogP contribution in [0.15, 0.2) is 65.6 Å². The fourth-order valence-corrected chi connectivity index (χ4v) is 4.43. The van der Waals surface area contributed by atoms with Gasteiger partial charge < -0.3 is 10.2 Å². The maximum Gasteiger partial charge on any atom is 0.238 e. The van der Waals surface area contributed by atoms with E-state index in [0.717, 1.165) is 36.4 Å². The van der Waals surface area contributed by atoms with E-state index in [1.165, 1.54) is 0 Å². The molecule has 26 heavy (non-hydrogen) atoms. The van der Waals surface area contributed by atoms with Crippen LogP contribution < -0.4 is 5.32 Å². The molecule has 1 atom stereocenters. The minimum atomic E-state index is -0.221. The van der Waals surface area contributed by atoms with Gasteiger partial charge in [0.25, 0.3) is 0 Å².